The fourth-order valence-corrected chi connectivity index (χ4v) is 4.17. The maximum atomic E-state index is 13.4. The lowest BCUT2D eigenvalue weighted by Gasteiger charge is -2.12. The molecule has 0 saturated carbocycles. The number of anilines is 2. The van der Waals surface area contributed by atoms with Crippen molar-refractivity contribution in [3.63, 3.8) is 0 Å². The van der Waals surface area contributed by atoms with Crippen LogP contribution in [0.25, 0.3) is 21.3 Å². The topological polar surface area (TPSA) is 56.3 Å². The van der Waals surface area contributed by atoms with E-state index in [0.717, 1.165) is 31.9 Å². The summed E-state index contributed by atoms with van der Waals surface area (Å²) in [6.45, 7) is 2.03. The second-order valence-corrected chi connectivity index (χ2v) is 7.34. The molecule has 5 nitrogen and oxygen atoms in total. The monoisotopic (exact) mass is 395 g/mol. The summed E-state index contributed by atoms with van der Waals surface area (Å²) in [6.07, 6.45) is 1.54. The number of ether oxygens (including phenoxy) is 2. The third-order valence-corrected chi connectivity index (χ3v) is 5.46. The molecule has 0 aliphatic rings. The lowest BCUT2D eigenvalue weighted by molar-refractivity contribution is 0.355. The average molecular weight is 395 g/mol. The highest BCUT2D eigenvalue weighted by Gasteiger charge is 2.17. The minimum Gasteiger partial charge on any atom is -0.493 e. The van der Waals surface area contributed by atoms with Crippen LogP contribution in [0, 0.1) is 12.7 Å². The zero-order chi connectivity index (χ0) is 19.7. The molecule has 0 spiro atoms. The van der Waals surface area contributed by atoms with Gasteiger partial charge in [0.2, 0.25) is 0 Å². The number of thiophene rings is 1. The highest BCUT2D eigenvalue weighted by Crippen LogP contribution is 2.41. The Kier molecular flexibility index (Phi) is 4.83. The molecule has 28 heavy (non-hydrogen) atoms. The molecule has 0 aliphatic heterocycles. The van der Waals surface area contributed by atoms with Crippen molar-refractivity contribution in [3.05, 3.63) is 59.5 Å². The molecule has 0 atom stereocenters. The standard InChI is InChI=1S/C21H18FN3O2S/c1-12-18(13-4-6-14(22)7-5-13)19-20(23-11-24-21(19)28-12)25-15-8-9-16(26-2)17(10-15)27-3/h4-11H,1-3H3,(H,23,24,25). The van der Waals surface area contributed by atoms with Crippen molar-refractivity contribution in [3.8, 4) is 22.6 Å². The average Bonchev–Trinajstić information content (AvgIpc) is 3.05. The van der Waals surface area contributed by atoms with Crippen LogP contribution in [0.2, 0.25) is 0 Å². The molecule has 0 saturated heterocycles. The van der Waals surface area contributed by atoms with Crippen LogP contribution in [-0.4, -0.2) is 24.2 Å². The van der Waals surface area contributed by atoms with E-state index in [1.54, 1.807) is 37.7 Å². The predicted octanol–water partition coefficient (Wildman–Crippen LogP) is 5.57. The second-order valence-electron chi connectivity index (χ2n) is 6.14. The Morgan fingerprint density at radius 2 is 1.71 bits per heavy atom. The van der Waals surface area contributed by atoms with Gasteiger partial charge >= 0.3 is 0 Å². The van der Waals surface area contributed by atoms with E-state index in [4.69, 9.17) is 9.47 Å². The molecule has 4 rings (SSSR count). The Morgan fingerprint density at radius 3 is 2.43 bits per heavy atom. The van der Waals surface area contributed by atoms with E-state index < -0.39 is 0 Å². The number of nitrogens with zero attached hydrogens (tertiary/aromatic N) is 2. The van der Waals surface area contributed by atoms with Gasteiger partial charge < -0.3 is 14.8 Å². The van der Waals surface area contributed by atoms with E-state index in [1.807, 2.05) is 25.1 Å². The predicted molar refractivity (Wildman–Crippen MR) is 110 cm³/mol. The van der Waals surface area contributed by atoms with Crippen molar-refractivity contribution in [2.24, 2.45) is 0 Å². The molecule has 0 bridgehead atoms. The summed E-state index contributed by atoms with van der Waals surface area (Å²) in [4.78, 5) is 10.8. The number of methoxy groups -OCH3 is 2. The fourth-order valence-electron chi connectivity index (χ4n) is 3.15. The summed E-state index contributed by atoms with van der Waals surface area (Å²) in [5, 5.41) is 4.26. The molecule has 2 aromatic heterocycles. The van der Waals surface area contributed by atoms with Crippen LogP contribution in [-0.2, 0) is 0 Å². The van der Waals surface area contributed by atoms with Gasteiger partial charge in [0.05, 0.1) is 19.6 Å². The first-order valence-corrected chi connectivity index (χ1v) is 9.41. The highest BCUT2D eigenvalue weighted by molar-refractivity contribution is 7.19. The molecule has 1 N–H and O–H groups in total. The smallest absolute Gasteiger partial charge is 0.162 e. The normalized spacial score (nSPS) is 10.9. The Labute approximate surface area is 165 Å². The van der Waals surface area contributed by atoms with E-state index in [1.165, 1.54) is 18.5 Å². The van der Waals surface area contributed by atoms with Crippen LogP contribution in [0.3, 0.4) is 0 Å². The number of halogens is 1. The number of fused-ring (bicyclic) bond motifs is 1. The van der Waals surface area contributed by atoms with Crippen molar-refractivity contribution in [2.75, 3.05) is 19.5 Å². The molecule has 7 heteroatoms. The van der Waals surface area contributed by atoms with Gasteiger partial charge in [0.15, 0.2) is 11.5 Å². The zero-order valence-corrected chi connectivity index (χ0v) is 16.4. The first kappa shape index (κ1) is 18.2. The van der Waals surface area contributed by atoms with E-state index in [9.17, 15) is 4.39 Å². The van der Waals surface area contributed by atoms with Gasteiger partial charge in [-0.3, -0.25) is 0 Å². The Balaban J connectivity index is 1.83. The zero-order valence-electron chi connectivity index (χ0n) is 15.6. The second kappa shape index (κ2) is 7.44. The summed E-state index contributed by atoms with van der Waals surface area (Å²) in [5.41, 5.74) is 2.74. The maximum Gasteiger partial charge on any atom is 0.162 e. The van der Waals surface area contributed by atoms with Gasteiger partial charge in [-0.2, -0.15) is 0 Å². The molecular weight excluding hydrogens is 377 g/mol. The lowest BCUT2D eigenvalue weighted by atomic mass is 10.0. The number of benzene rings is 2. The lowest BCUT2D eigenvalue weighted by Crippen LogP contribution is -1.97. The van der Waals surface area contributed by atoms with Gasteiger partial charge in [0.1, 0.15) is 22.8 Å². The minimum absolute atomic E-state index is 0.263. The number of aryl methyl sites for hydroxylation is 1. The van der Waals surface area contributed by atoms with Crippen LogP contribution in [0.5, 0.6) is 11.5 Å². The summed E-state index contributed by atoms with van der Waals surface area (Å²) >= 11 is 1.59. The number of aromatic nitrogens is 2. The third kappa shape index (κ3) is 3.25. The molecule has 0 amide bonds. The van der Waals surface area contributed by atoms with Crippen molar-refractivity contribution >= 4 is 33.1 Å². The van der Waals surface area contributed by atoms with Gasteiger partial charge in [-0.05, 0) is 36.8 Å². The molecule has 4 aromatic rings. The summed E-state index contributed by atoms with van der Waals surface area (Å²) in [5.74, 6) is 1.69. The van der Waals surface area contributed by atoms with Gasteiger partial charge in [-0.15, -0.1) is 11.3 Å². The van der Waals surface area contributed by atoms with Crippen LogP contribution in [0.1, 0.15) is 4.88 Å². The molecule has 0 fully saturated rings. The molecular formula is C21H18FN3O2S. The third-order valence-electron chi connectivity index (χ3n) is 4.44. The molecule has 2 heterocycles. The van der Waals surface area contributed by atoms with Gasteiger partial charge in [-0.1, -0.05) is 12.1 Å². The van der Waals surface area contributed by atoms with E-state index >= 15 is 0 Å². The van der Waals surface area contributed by atoms with Crippen molar-refractivity contribution < 1.29 is 13.9 Å². The van der Waals surface area contributed by atoms with E-state index in [-0.39, 0.29) is 5.82 Å². The highest BCUT2D eigenvalue weighted by atomic mass is 32.1. The van der Waals surface area contributed by atoms with Crippen LogP contribution in [0.4, 0.5) is 15.9 Å². The van der Waals surface area contributed by atoms with Crippen LogP contribution < -0.4 is 14.8 Å². The molecule has 142 valence electrons. The number of nitrogens with one attached hydrogen (secondary N) is 1. The largest absolute Gasteiger partial charge is 0.493 e. The van der Waals surface area contributed by atoms with Crippen molar-refractivity contribution in [1.29, 1.82) is 0 Å². The maximum absolute atomic E-state index is 13.4. The summed E-state index contributed by atoms with van der Waals surface area (Å²) in [7, 11) is 3.20. The number of rotatable bonds is 5. The van der Waals surface area contributed by atoms with Crippen LogP contribution in [0.15, 0.2) is 48.8 Å². The SMILES string of the molecule is COc1ccc(Nc2ncnc3sc(C)c(-c4ccc(F)cc4)c23)cc1OC. The first-order chi connectivity index (χ1) is 13.6. The van der Waals surface area contributed by atoms with E-state index in [2.05, 4.69) is 15.3 Å². The molecule has 2 aromatic carbocycles. The van der Waals surface area contributed by atoms with Crippen molar-refractivity contribution in [2.45, 2.75) is 6.92 Å². The minimum atomic E-state index is -0.263. The fraction of sp³-hybridized carbons (Fsp3) is 0.143. The van der Waals surface area contributed by atoms with Gasteiger partial charge in [0.25, 0.3) is 0 Å². The Bertz CT molecular complexity index is 1140. The number of hydrogen-bond donors (Lipinski definition) is 1. The summed E-state index contributed by atoms with van der Waals surface area (Å²) in [6, 6.07) is 12.1. The molecule has 0 aliphatic carbocycles. The first-order valence-electron chi connectivity index (χ1n) is 8.59. The quantitative estimate of drug-likeness (QED) is 0.479. The van der Waals surface area contributed by atoms with Gasteiger partial charge in [0, 0.05) is 22.2 Å². The Hall–Kier alpha value is -3.19. The number of hydrogen-bond acceptors (Lipinski definition) is 6. The summed E-state index contributed by atoms with van der Waals surface area (Å²) < 4.78 is 24.1. The molecule has 0 unspecified atom stereocenters. The Morgan fingerprint density at radius 1 is 0.964 bits per heavy atom. The van der Waals surface area contributed by atoms with E-state index in [0.29, 0.717) is 17.3 Å². The van der Waals surface area contributed by atoms with Gasteiger partial charge in [-0.25, -0.2) is 14.4 Å². The van der Waals surface area contributed by atoms with Crippen LogP contribution >= 0.6 is 11.3 Å². The molecule has 0 radical (unpaired) electrons. The van der Waals surface area contributed by atoms with Crippen molar-refractivity contribution in [1.82, 2.24) is 9.97 Å².